The van der Waals surface area contributed by atoms with Crippen molar-refractivity contribution in [2.24, 2.45) is 5.92 Å². The normalized spacial score (nSPS) is 30.1. The van der Waals surface area contributed by atoms with Crippen molar-refractivity contribution in [3.05, 3.63) is 0 Å². The lowest BCUT2D eigenvalue weighted by Gasteiger charge is -2.30. The molecule has 0 aromatic carbocycles. The number of carbonyl (C=O) groups is 2. The van der Waals surface area contributed by atoms with Gasteiger partial charge >= 0.3 is 12.1 Å². The van der Waals surface area contributed by atoms with Crippen molar-refractivity contribution in [1.29, 1.82) is 0 Å². The summed E-state index contributed by atoms with van der Waals surface area (Å²) >= 11 is 0. The van der Waals surface area contributed by atoms with E-state index < -0.39 is 17.7 Å². The average molecular weight is 270 g/mol. The fourth-order valence-corrected chi connectivity index (χ4v) is 2.86. The SMILES string of the molecule is COC(=O)[C@@H]1[C@H]2CNC[C@@H](C2)N1C(=O)OC(C)(C)C. The van der Waals surface area contributed by atoms with Crippen LogP contribution in [0.15, 0.2) is 0 Å². The molecular formula is C13H22N2O4. The molecule has 0 aromatic rings. The Morgan fingerprint density at radius 1 is 1.26 bits per heavy atom. The number of methoxy groups -OCH3 is 1. The van der Waals surface area contributed by atoms with Crippen molar-refractivity contribution < 1.29 is 19.1 Å². The van der Waals surface area contributed by atoms with Crippen LogP contribution in [-0.2, 0) is 14.3 Å². The van der Waals surface area contributed by atoms with Crippen molar-refractivity contribution in [3.8, 4) is 0 Å². The highest BCUT2D eigenvalue weighted by molar-refractivity contribution is 5.83. The minimum atomic E-state index is -0.568. The summed E-state index contributed by atoms with van der Waals surface area (Å²) in [6, 6.07) is -0.516. The van der Waals surface area contributed by atoms with Crippen molar-refractivity contribution in [2.45, 2.75) is 44.9 Å². The van der Waals surface area contributed by atoms with Gasteiger partial charge in [0, 0.05) is 25.0 Å². The van der Waals surface area contributed by atoms with Crippen LogP contribution in [0.1, 0.15) is 27.2 Å². The summed E-state index contributed by atoms with van der Waals surface area (Å²) < 4.78 is 10.2. The quantitative estimate of drug-likeness (QED) is 0.712. The number of nitrogens with one attached hydrogen (secondary N) is 1. The van der Waals surface area contributed by atoms with Gasteiger partial charge in [-0.3, -0.25) is 4.90 Å². The Morgan fingerprint density at radius 3 is 2.53 bits per heavy atom. The first-order valence-corrected chi connectivity index (χ1v) is 6.63. The highest BCUT2D eigenvalue weighted by Gasteiger charge is 2.51. The van der Waals surface area contributed by atoms with Crippen LogP contribution in [0.3, 0.4) is 0 Å². The first-order chi connectivity index (χ1) is 8.83. The second kappa shape index (κ2) is 5.00. The molecule has 2 rings (SSSR count). The predicted octanol–water partition coefficient (Wildman–Crippen LogP) is 0.757. The zero-order chi connectivity index (χ0) is 14.2. The number of ether oxygens (including phenoxy) is 2. The summed E-state index contributed by atoms with van der Waals surface area (Å²) in [7, 11) is 1.35. The summed E-state index contributed by atoms with van der Waals surface area (Å²) in [6.45, 7) is 6.88. The Hall–Kier alpha value is -1.30. The van der Waals surface area contributed by atoms with Crippen molar-refractivity contribution in [2.75, 3.05) is 20.2 Å². The van der Waals surface area contributed by atoms with Crippen LogP contribution in [-0.4, -0.2) is 54.8 Å². The third-order valence-electron chi connectivity index (χ3n) is 3.55. The number of amides is 1. The maximum Gasteiger partial charge on any atom is 0.411 e. The molecule has 2 aliphatic rings. The molecule has 6 nitrogen and oxygen atoms in total. The van der Waals surface area contributed by atoms with Crippen molar-refractivity contribution in [3.63, 3.8) is 0 Å². The molecule has 19 heavy (non-hydrogen) atoms. The van der Waals surface area contributed by atoms with Gasteiger partial charge in [0.15, 0.2) is 0 Å². The zero-order valence-electron chi connectivity index (χ0n) is 11.9. The van der Waals surface area contributed by atoms with Crippen molar-refractivity contribution in [1.82, 2.24) is 10.2 Å². The number of hydrogen-bond donors (Lipinski definition) is 1. The van der Waals surface area contributed by atoms with E-state index in [1.807, 2.05) is 20.8 Å². The molecule has 108 valence electrons. The number of nitrogens with zero attached hydrogens (tertiary/aromatic N) is 1. The van der Waals surface area contributed by atoms with E-state index in [1.165, 1.54) is 7.11 Å². The van der Waals surface area contributed by atoms with Gasteiger partial charge in [0.25, 0.3) is 0 Å². The van der Waals surface area contributed by atoms with Gasteiger partial charge in [-0.25, -0.2) is 9.59 Å². The molecule has 0 aliphatic carbocycles. The first kappa shape index (κ1) is 14.1. The lowest BCUT2D eigenvalue weighted by molar-refractivity contribution is -0.147. The minimum absolute atomic E-state index is 0.0118. The zero-order valence-corrected chi connectivity index (χ0v) is 11.9. The van der Waals surface area contributed by atoms with E-state index in [-0.39, 0.29) is 17.9 Å². The summed E-state index contributed by atoms with van der Waals surface area (Å²) in [5, 5.41) is 3.25. The standard InChI is InChI=1S/C13H22N2O4/c1-13(2,3)19-12(17)15-9-5-8(6-14-7-9)10(15)11(16)18-4/h8-10,14H,5-7H2,1-4H3/t8-,9-,10+/m1/s1. The van der Waals surface area contributed by atoms with E-state index in [9.17, 15) is 9.59 Å². The van der Waals surface area contributed by atoms with Crippen LogP contribution in [0.2, 0.25) is 0 Å². The molecule has 0 radical (unpaired) electrons. The van der Waals surface area contributed by atoms with Crippen LogP contribution in [0.4, 0.5) is 4.79 Å². The van der Waals surface area contributed by atoms with Crippen molar-refractivity contribution >= 4 is 12.1 Å². The van der Waals surface area contributed by atoms with E-state index in [1.54, 1.807) is 4.90 Å². The number of piperidine rings is 1. The molecular weight excluding hydrogens is 248 g/mol. The highest BCUT2D eigenvalue weighted by Crippen LogP contribution is 2.34. The van der Waals surface area contributed by atoms with Gasteiger partial charge < -0.3 is 14.8 Å². The third kappa shape index (κ3) is 2.83. The molecule has 0 aromatic heterocycles. The van der Waals surface area contributed by atoms with Crippen LogP contribution < -0.4 is 5.32 Å². The lowest BCUT2D eigenvalue weighted by Crippen LogP contribution is -2.49. The second-order valence-corrected chi connectivity index (χ2v) is 6.16. The van der Waals surface area contributed by atoms with Crippen LogP contribution >= 0.6 is 0 Å². The summed E-state index contributed by atoms with van der Waals surface area (Å²) in [5.41, 5.74) is -0.568. The van der Waals surface area contributed by atoms with E-state index >= 15 is 0 Å². The Kier molecular flexibility index (Phi) is 3.71. The second-order valence-electron chi connectivity index (χ2n) is 6.16. The van der Waals surface area contributed by atoms with Gasteiger partial charge in [-0.1, -0.05) is 0 Å². The molecule has 0 spiro atoms. The smallest absolute Gasteiger partial charge is 0.411 e. The Balaban J connectivity index is 2.20. The van der Waals surface area contributed by atoms with Crippen LogP contribution in [0, 0.1) is 5.92 Å². The molecule has 0 saturated carbocycles. The maximum atomic E-state index is 12.3. The van der Waals surface area contributed by atoms with Gasteiger partial charge in [-0.05, 0) is 27.2 Å². The maximum absolute atomic E-state index is 12.3. The first-order valence-electron chi connectivity index (χ1n) is 6.63. The number of esters is 1. The Labute approximate surface area is 113 Å². The van der Waals surface area contributed by atoms with Gasteiger partial charge in [0.05, 0.1) is 7.11 Å². The molecule has 2 saturated heterocycles. The molecule has 2 heterocycles. The summed E-state index contributed by atoms with van der Waals surface area (Å²) in [6.07, 6.45) is 0.394. The molecule has 6 heteroatoms. The number of rotatable bonds is 1. The number of carbonyl (C=O) groups excluding carboxylic acids is 2. The van der Waals surface area contributed by atoms with Crippen LogP contribution in [0.5, 0.6) is 0 Å². The topological polar surface area (TPSA) is 67.9 Å². The van der Waals surface area contributed by atoms with E-state index in [2.05, 4.69) is 5.32 Å². The fourth-order valence-electron chi connectivity index (χ4n) is 2.86. The van der Waals surface area contributed by atoms with E-state index in [4.69, 9.17) is 9.47 Å². The number of fused-ring (bicyclic) bond motifs is 2. The predicted molar refractivity (Wildman–Crippen MR) is 68.6 cm³/mol. The molecule has 3 atom stereocenters. The van der Waals surface area contributed by atoms with E-state index in [0.29, 0.717) is 6.54 Å². The molecule has 1 amide bonds. The fraction of sp³-hybridized carbons (Fsp3) is 0.846. The van der Waals surface area contributed by atoms with Gasteiger partial charge in [-0.15, -0.1) is 0 Å². The van der Waals surface area contributed by atoms with E-state index in [0.717, 1.165) is 13.0 Å². The van der Waals surface area contributed by atoms with Crippen LogP contribution in [0.25, 0.3) is 0 Å². The number of hydrogen-bond acceptors (Lipinski definition) is 5. The van der Waals surface area contributed by atoms with Gasteiger partial charge in [0.1, 0.15) is 11.6 Å². The Morgan fingerprint density at radius 2 is 1.95 bits per heavy atom. The van der Waals surface area contributed by atoms with Gasteiger partial charge in [-0.2, -0.15) is 0 Å². The number of likely N-dealkylation sites (tertiary alicyclic amines) is 1. The lowest BCUT2D eigenvalue weighted by atomic mass is 9.96. The molecule has 2 bridgehead atoms. The Bertz CT molecular complexity index is 377. The molecule has 2 aliphatic heterocycles. The van der Waals surface area contributed by atoms with Gasteiger partial charge in [0.2, 0.25) is 0 Å². The monoisotopic (exact) mass is 270 g/mol. The molecule has 1 N–H and O–H groups in total. The largest absolute Gasteiger partial charge is 0.467 e. The third-order valence-corrected chi connectivity index (χ3v) is 3.55. The summed E-state index contributed by atoms with van der Waals surface area (Å²) in [4.78, 5) is 25.8. The minimum Gasteiger partial charge on any atom is -0.467 e. The highest BCUT2D eigenvalue weighted by atomic mass is 16.6. The molecule has 2 fully saturated rings. The summed E-state index contributed by atoms with van der Waals surface area (Å²) in [5.74, 6) is -0.249. The molecule has 0 unspecified atom stereocenters. The average Bonchev–Trinajstić information content (AvgIpc) is 2.57.